The fourth-order valence-electron chi connectivity index (χ4n) is 7.30. The lowest BCUT2D eigenvalue weighted by Gasteiger charge is -2.48. The van der Waals surface area contributed by atoms with E-state index in [1.807, 2.05) is 70.5 Å². The first-order valence-electron chi connectivity index (χ1n) is 18.2. The van der Waals surface area contributed by atoms with E-state index in [1.54, 1.807) is 17.4 Å². The first-order valence-corrected chi connectivity index (χ1v) is 19.1. The average molecular weight is 746 g/mol. The molecule has 0 radical (unpaired) electrons. The molecule has 0 saturated carbocycles. The third kappa shape index (κ3) is 8.86. The minimum atomic E-state index is -0.885. The number of anilines is 1. The summed E-state index contributed by atoms with van der Waals surface area (Å²) in [6, 6.07) is 9.81. The molecule has 4 atom stereocenters. The van der Waals surface area contributed by atoms with Gasteiger partial charge in [-0.1, -0.05) is 45.0 Å². The highest BCUT2D eigenvalue weighted by Crippen LogP contribution is 2.30. The van der Waals surface area contributed by atoms with Crippen molar-refractivity contribution in [1.82, 2.24) is 35.3 Å². The highest BCUT2D eigenvalue weighted by molar-refractivity contribution is 7.13. The molecule has 1 unspecified atom stereocenters. The van der Waals surface area contributed by atoms with Crippen molar-refractivity contribution in [2.45, 2.75) is 71.3 Å². The van der Waals surface area contributed by atoms with Crippen LogP contribution in [0, 0.1) is 12.3 Å². The van der Waals surface area contributed by atoms with Gasteiger partial charge >= 0.3 is 0 Å². The minimum Gasteiger partial charge on any atom is -0.391 e. The van der Waals surface area contributed by atoms with Crippen molar-refractivity contribution in [2.24, 2.45) is 11.1 Å². The number of nitrogens with zero attached hydrogens (tertiary/aromatic N) is 6. The molecular weight excluding hydrogens is 695 g/mol. The van der Waals surface area contributed by atoms with E-state index in [0.717, 1.165) is 66.8 Å². The summed E-state index contributed by atoms with van der Waals surface area (Å²) in [4.78, 5) is 70.4. The van der Waals surface area contributed by atoms with Crippen molar-refractivity contribution in [1.29, 1.82) is 0 Å². The smallest absolute Gasteiger partial charge is 0.250 e. The molecule has 3 saturated heterocycles. The Kier molecular flexibility index (Phi) is 11.5. The molecule has 53 heavy (non-hydrogen) atoms. The molecule has 5 heterocycles. The first-order chi connectivity index (χ1) is 25.2. The third-order valence-electron chi connectivity index (χ3n) is 10.6. The maximum absolute atomic E-state index is 14.1. The number of carbonyl (C=O) groups excluding carboxylic acids is 4. The minimum absolute atomic E-state index is 0.0198. The number of benzene rings is 1. The van der Waals surface area contributed by atoms with Gasteiger partial charge < -0.3 is 31.3 Å². The topological polar surface area (TPSA) is 177 Å². The van der Waals surface area contributed by atoms with E-state index in [0.29, 0.717) is 11.6 Å². The summed E-state index contributed by atoms with van der Waals surface area (Å²) < 4.78 is 0. The number of pyridine rings is 1. The number of hydrogen-bond donors (Lipinski definition) is 4. The normalized spacial score (nSPS) is 21.2. The number of β-amino-alcohol motifs (C(OH)–C–C–N with tert-alkyl or cyclic N) is 1. The number of aryl methyl sites for hydroxylation is 1. The number of nitrogens with two attached hydrogens (primary N) is 1. The molecule has 3 fully saturated rings. The lowest BCUT2D eigenvalue weighted by molar-refractivity contribution is -0.144. The summed E-state index contributed by atoms with van der Waals surface area (Å²) in [5.74, 6) is -0.646. The van der Waals surface area contributed by atoms with Crippen molar-refractivity contribution in [3.05, 3.63) is 64.9 Å². The number of primary amides is 1. The van der Waals surface area contributed by atoms with Crippen LogP contribution in [-0.2, 0) is 14.4 Å². The Labute approximate surface area is 314 Å². The van der Waals surface area contributed by atoms with Crippen molar-refractivity contribution < 1.29 is 24.3 Å². The van der Waals surface area contributed by atoms with E-state index in [4.69, 9.17) is 5.73 Å². The van der Waals surface area contributed by atoms with Crippen LogP contribution in [0.5, 0.6) is 0 Å². The zero-order valence-electron chi connectivity index (χ0n) is 31.1. The molecule has 0 bridgehead atoms. The fourth-order valence-corrected chi connectivity index (χ4v) is 8.12. The number of piperazine rings is 1. The molecule has 6 rings (SSSR count). The number of carbonyl (C=O) groups is 4. The predicted octanol–water partition coefficient (Wildman–Crippen LogP) is 1.79. The molecule has 0 spiro atoms. The quantitative estimate of drug-likeness (QED) is 0.226. The van der Waals surface area contributed by atoms with Gasteiger partial charge in [-0.15, -0.1) is 11.3 Å². The third-order valence-corrected chi connectivity index (χ3v) is 11.5. The number of hydrogen-bond acceptors (Lipinski definition) is 11. The van der Waals surface area contributed by atoms with Gasteiger partial charge in [0.05, 0.1) is 40.3 Å². The molecule has 2 aromatic heterocycles. The lowest BCUT2D eigenvalue weighted by Crippen LogP contribution is -2.64. The van der Waals surface area contributed by atoms with Crippen LogP contribution in [0.3, 0.4) is 0 Å². The van der Waals surface area contributed by atoms with Crippen molar-refractivity contribution in [3.63, 3.8) is 0 Å². The summed E-state index contributed by atoms with van der Waals surface area (Å²) in [5.41, 5.74) is 9.84. The van der Waals surface area contributed by atoms with Gasteiger partial charge in [-0.2, -0.15) is 0 Å². The SMILES string of the molecule is Cc1ncsc1-c1ccc([C@H](C)NC(=O)C2C[C@@H](O)CN2C(=O)[C@@H](NC(=O)CN2CCN(C3CN(c4ccc(C(N)=O)cn4)C3)CC2)C(C)(C)C)cc1. The highest BCUT2D eigenvalue weighted by atomic mass is 32.1. The number of rotatable bonds is 11. The van der Waals surface area contributed by atoms with Crippen LogP contribution in [-0.4, -0.2) is 130 Å². The molecule has 5 N–H and O–H groups in total. The van der Waals surface area contributed by atoms with Gasteiger partial charge in [0.1, 0.15) is 17.9 Å². The van der Waals surface area contributed by atoms with Crippen LogP contribution in [0.15, 0.2) is 48.1 Å². The zero-order valence-corrected chi connectivity index (χ0v) is 31.9. The summed E-state index contributed by atoms with van der Waals surface area (Å²) in [6.07, 6.45) is 0.783. The second kappa shape index (κ2) is 15.9. The number of aliphatic hydroxyl groups excluding tert-OH is 1. The van der Waals surface area contributed by atoms with E-state index < -0.39 is 29.5 Å². The number of aromatic nitrogens is 2. The Bertz CT molecular complexity index is 1780. The number of aliphatic hydroxyl groups is 1. The Hall–Kier alpha value is -4.44. The second-order valence-electron chi connectivity index (χ2n) is 15.5. The number of thiazole rings is 1. The van der Waals surface area contributed by atoms with Crippen molar-refractivity contribution in [2.75, 3.05) is 57.3 Å². The van der Waals surface area contributed by atoms with Crippen molar-refractivity contribution >= 4 is 40.8 Å². The number of amides is 4. The summed E-state index contributed by atoms with van der Waals surface area (Å²) >= 11 is 1.58. The first kappa shape index (κ1) is 38.3. The van der Waals surface area contributed by atoms with Crippen LogP contribution in [0.25, 0.3) is 10.4 Å². The van der Waals surface area contributed by atoms with Crippen LogP contribution < -0.4 is 21.3 Å². The van der Waals surface area contributed by atoms with E-state index in [-0.39, 0.29) is 43.3 Å². The molecule has 284 valence electrons. The molecule has 4 amide bonds. The largest absolute Gasteiger partial charge is 0.391 e. The van der Waals surface area contributed by atoms with Crippen molar-refractivity contribution in [3.8, 4) is 10.4 Å². The van der Waals surface area contributed by atoms with E-state index in [1.165, 1.54) is 11.1 Å². The van der Waals surface area contributed by atoms with E-state index >= 15 is 0 Å². The van der Waals surface area contributed by atoms with Gasteiger partial charge in [0, 0.05) is 64.5 Å². The number of likely N-dealkylation sites (tertiary alicyclic amines) is 1. The van der Waals surface area contributed by atoms with Crippen LogP contribution in [0.1, 0.15) is 61.8 Å². The van der Waals surface area contributed by atoms with Crippen LogP contribution >= 0.6 is 11.3 Å². The molecule has 3 aliphatic heterocycles. The standard InChI is InChI=1S/C38H51N9O5S/c1-23(25-6-8-26(9-7-25)33-24(2)41-22-53-33)42-36(51)30-16-29(48)20-47(30)37(52)34(38(3,4)5)43-32(49)21-44-12-14-45(15-13-44)28-18-46(19-28)31-11-10-27(17-40-31)35(39)50/h6-11,17,22-23,28-30,34,48H,12-16,18-21H2,1-5H3,(H2,39,50)(H,42,51)(H,43,49)/t23-,29+,30?,34+/m0/s1. The van der Waals surface area contributed by atoms with E-state index in [2.05, 4.69) is 35.3 Å². The van der Waals surface area contributed by atoms with Gasteiger partial charge in [0.15, 0.2) is 0 Å². The van der Waals surface area contributed by atoms with Gasteiger partial charge in [0.2, 0.25) is 23.6 Å². The van der Waals surface area contributed by atoms with Gasteiger partial charge in [-0.3, -0.25) is 29.0 Å². The summed E-state index contributed by atoms with van der Waals surface area (Å²) in [7, 11) is 0. The molecular formula is C38H51N9O5S. The molecule has 0 aliphatic carbocycles. The Morgan fingerprint density at radius 2 is 1.68 bits per heavy atom. The summed E-state index contributed by atoms with van der Waals surface area (Å²) in [6.45, 7) is 14.5. The lowest BCUT2D eigenvalue weighted by atomic mass is 9.85. The predicted molar refractivity (Wildman–Crippen MR) is 203 cm³/mol. The molecule has 14 nitrogen and oxygen atoms in total. The van der Waals surface area contributed by atoms with Gasteiger partial charge in [0.25, 0.3) is 0 Å². The zero-order chi connectivity index (χ0) is 38.0. The fraction of sp³-hybridized carbons (Fsp3) is 0.526. The Morgan fingerprint density at radius 3 is 2.26 bits per heavy atom. The molecule has 1 aromatic carbocycles. The van der Waals surface area contributed by atoms with Gasteiger partial charge in [-0.25, -0.2) is 9.97 Å². The molecule has 15 heteroatoms. The monoisotopic (exact) mass is 745 g/mol. The second-order valence-corrected chi connectivity index (χ2v) is 16.4. The molecule has 3 aliphatic rings. The highest BCUT2D eigenvalue weighted by Gasteiger charge is 2.45. The number of nitrogens with one attached hydrogen (secondary N) is 2. The Balaban J connectivity index is 0.996. The Morgan fingerprint density at radius 1 is 0.981 bits per heavy atom. The maximum Gasteiger partial charge on any atom is 0.250 e. The van der Waals surface area contributed by atoms with E-state index in [9.17, 15) is 24.3 Å². The average Bonchev–Trinajstić information content (AvgIpc) is 3.72. The van der Waals surface area contributed by atoms with Gasteiger partial charge in [-0.05, 0) is 42.5 Å². The van der Waals surface area contributed by atoms with Crippen LogP contribution in [0.4, 0.5) is 5.82 Å². The van der Waals surface area contributed by atoms with Crippen LogP contribution in [0.2, 0.25) is 0 Å². The molecule has 3 aromatic rings. The summed E-state index contributed by atoms with van der Waals surface area (Å²) in [5, 5.41) is 16.7. The maximum atomic E-state index is 14.1.